The van der Waals surface area contributed by atoms with Crippen LogP contribution in [0.2, 0.25) is 0 Å². The Balaban J connectivity index is 2.14. The molecule has 4 rings (SSSR count). The molecule has 0 aromatic carbocycles. The predicted molar refractivity (Wildman–Crippen MR) is 116 cm³/mol. The predicted octanol–water partition coefficient (Wildman–Crippen LogP) is 3.43. The lowest BCUT2D eigenvalue weighted by Gasteiger charge is -2.13. The number of carbonyl (C=O) groups excluding carboxylic acids is 1. The summed E-state index contributed by atoms with van der Waals surface area (Å²) < 4.78 is 3.22. The Morgan fingerprint density at radius 2 is 2.13 bits per heavy atom. The normalized spacial score (nSPS) is 11.8. The lowest BCUT2D eigenvalue weighted by atomic mass is 10.2. The Morgan fingerprint density at radius 3 is 2.83 bits per heavy atom. The molecule has 4 heterocycles. The summed E-state index contributed by atoms with van der Waals surface area (Å²) >= 11 is 1.29. The van der Waals surface area contributed by atoms with Gasteiger partial charge in [-0.3, -0.25) is 14.0 Å². The van der Waals surface area contributed by atoms with Crippen molar-refractivity contribution in [2.75, 3.05) is 0 Å². The number of amides is 1. The van der Waals surface area contributed by atoms with Crippen molar-refractivity contribution < 1.29 is 4.79 Å². The van der Waals surface area contributed by atoms with Crippen LogP contribution >= 0.6 is 11.3 Å². The third kappa shape index (κ3) is 3.33. The number of aromatic nitrogens is 3. The molecule has 0 bridgehead atoms. The summed E-state index contributed by atoms with van der Waals surface area (Å²) in [5, 5.41) is 11.9. The molecule has 30 heavy (non-hydrogen) atoms. The van der Waals surface area contributed by atoms with E-state index in [9.17, 15) is 14.9 Å². The molecule has 4 aromatic rings. The third-order valence-electron chi connectivity index (χ3n) is 4.90. The summed E-state index contributed by atoms with van der Waals surface area (Å²) in [6.07, 6.45) is 3.35. The van der Waals surface area contributed by atoms with E-state index in [1.54, 1.807) is 34.3 Å². The minimum Gasteiger partial charge on any atom is -0.309 e. The number of nitriles is 1. The van der Waals surface area contributed by atoms with Crippen molar-refractivity contribution in [3.63, 3.8) is 0 Å². The Morgan fingerprint density at radius 1 is 1.30 bits per heavy atom. The Kier molecular flexibility index (Phi) is 5.29. The zero-order chi connectivity index (χ0) is 21.3. The number of aryl methyl sites for hydroxylation is 2. The minimum atomic E-state index is -0.417. The average Bonchev–Trinajstić information content (AvgIpc) is 3.29. The number of fused-ring (bicyclic) bond motifs is 2. The molecule has 0 saturated heterocycles. The Labute approximate surface area is 176 Å². The van der Waals surface area contributed by atoms with E-state index in [4.69, 9.17) is 4.98 Å². The Hall–Kier alpha value is -3.57. The molecule has 7 nitrogen and oxygen atoms in total. The second-order valence-corrected chi connectivity index (χ2v) is 7.88. The van der Waals surface area contributed by atoms with E-state index in [0.717, 1.165) is 18.4 Å². The molecule has 0 unspecified atom stereocenters. The highest BCUT2D eigenvalue weighted by Gasteiger charge is 2.16. The number of unbranched alkanes of at least 4 members (excludes halogenated alkanes) is 1. The molecular formula is C22H19N5O2S. The molecule has 0 aliphatic carbocycles. The molecule has 0 saturated carbocycles. The number of hydrogen-bond acceptors (Lipinski definition) is 5. The summed E-state index contributed by atoms with van der Waals surface area (Å²) in [4.78, 5) is 35.3. The van der Waals surface area contributed by atoms with Crippen LogP contribution in [0.15, 0.2) is 51.7 Å². The van der Waals surface area contributed by atoms with Crippen LogP contribution in [0, 0.1) is 18.3 Å². The van der Waals surface area contributed by atoms with Crippen LogP contribution in [0.5, 0.6) is 0 Å². The van der Waals surface area contributed by atoms with E-state index in [1.165, 1.54) is 21.8 Å². The van der Waals surface area contributed by atoms with Gasteiger partial charge >= 0.3 is 0 Å². The van der Waals surface area contributed by atoms with Gasteiger partial charge in [-0.15, -0.1) is 11.3 Å². The van der Waals surface area contributed by atoms with Gasteiger partial charge in [0.15, 0.2) is 5.49 Å². The second-order valence-electron chi connectivity index (χ2n) is 6.93. The first-order chi connectivity index (χ1) is 14.5. The standard InChI is InChI=1S/C22H19N5O2S/c1-3-4-9-26-19(25-21(28)17-8-6-11-30-17)15(13-23)12-16-20(26)24-18-14(2)7-5-10-27(18)22(16)29/h5-8,10-12H,3-4,9H2,1-2H3. The quantitative estimate of drug-likeness (QED) is 0.476. The first-order valence-electron chi connectivity index (χ1n) is 9.63. The van der Waals surface area contributed by atoms with Crippen molar-refractivity contribution in [2.45, 2.75) is 33.2 Å². The van der Waals surface area contributed by atoms with Gasteiger partial charge in [0.05, 0.1) is 15.8 Å². The third-order valence-corrected chi connectivity index (χ3v) is 5.76. The van der Waals surface area contributed by atoms with Crippen LogP contribution in [-0.4, -0.2) is 19.9 Å². The maximum atomic E-state index is 13.2. The zero-order valence-corrected chi connectivity index (χ0v) is 17.4. The van der Waals surface area contributed by atoms with Gasteiger partial charge in [-0.2, -0.15) is 10.3 Å². The molecule has 8 heteroatoms. The number of hydrogen-bond donors (Lipinski definition) is 0. The van der Waals surface area contributed by atoms with E-state index in [1.807, 2.05) is 19.9 Å². The highest BCUT2D eigenvalue weighted by atomic mass is 32.1. The molecule has 0 N–H and O–H groups in total. The van der Waals surface area contributed by atoms with Gasteiger partial charge in [0.25, 0.3) is 11.5 Å². The largest absolute Gasteiger partial charge is 0.309 e. The van der Waals surface area contributed by atoms with Crippen molar-refractivity contribution in [3.05, 3.63) is 73.8 Å². The molecule has 0 aliphatic rings. The highest BCUT2D eigenvalue weighted by molar-refractivity contribution is 7.12. The smallest absolute Gasteiger partial charge is 0.289 e. The fraction of sp³-hybridized carbons (Fsp3) is 0.227. The van der Waals surface area contributed by atoms with Crippen LogP contribution in [0.25, 0.3) is 16.7 Å². The minimum absolute atomic E-state index is 0.176. The lowest BCUT2D eigenvalue weighted by Crippen LogP contribution is -2.29. The van der Waals surface area contributed by atoms with Crippen LogP contribution in [0.4, 0.5) is 0 Å². The summed E-state index contributed by atoms with van der Waals surface area (Å²) in [7, 11) is 0. The molecular weight excluding hydrogens is 398 g/mol. The fourth-order valence-corrected chi connectivity index (χ4v) is 3.98. The highest BCUT2D eigenvalue weighted by Crippen LogP contribution is 2.14. The van der Waals surface area contributed by atoms with Gasteiger partial charge in [0.1, 0.15) is 17.4 Å². The van der Waals surface area contributed by atoms with Crippen LogP contribution in [0.3, 0.4) is 0 Å². The molecule has 0 radical (unpaired) electrons. The number of pyridine rings is 2. The summed E-state index contributed by atoms with van der Waals surface area (Å²) in [5.41, 5.74) is 1.99. The van der Waals surface area contributed by atoms with Crippen molar-refractivity contribution in [3.8, 4) is 6.07 Å². The molecule has 0 atom stereocenters. The SMILES string of the molecule is CCCCn1c(=NC(=O)c2cccs2)c(C#N)cc2c(=O)n3cccc(C)c3nc21. The van der Waals surface area contributed by atoms with Gasteiger partial charge in [-0.25, -0.2) is 4.98 Å². The van der Waals surface area contributed by atoms with Gasteiger partial charge in [-0.1, -0.05) is 25.5 Å². The first kappa shape index (κ1) is 19.7. The van der Waals surface area contributed by atoms with E-state index >= 15 is 0 Å². The number of nitrogens with zero attached hydrogens (tertiary/aromatic N) is 5. The maximum Gasteiger partial charge on any atom is 0.289 e. The van der Waals surface area contributed by atoms with E-state index in [2.05, 4.69) is 11.1 Å². The first-order valence-corrected chi connectivity index (χ1v) is 10.5. The fourth-order valence-electron chi connectivity index (χ4n) is 3.37. The number of thiophene rings is 1. The van der Waals surface area contributed by atoms with Gasteiger partial charge in [0, 0.05) is 12.7 Å². The van der Waals surface area contributed by atoms with Crippen molar-refractivity contribution in [2.24, 2.45) is 4.99 Å². The van der Waals surface area contributed by atoms with Crippen LogP contribution in [-0.2, 0) is 6.54 Å². The van der Waals surface area contributed by atoms with Crippen molar-refractivity contribution in [1.82, 2.24) is 14.0 Å². The van der Waals surface area contributed by atoms with Gasteiger partial charge in [-0.05, 0) is 42.5 Å². The lowest BCUT2D eigenvalue weighted by molar-refractivity contribution is 0.100. The second kappa shape index (κ2) is 8.05. The molecule has 1 amide bonds. The van der Waals surface area contributed by atoms with Gasteiger partial charge in [0.2, 0.25) is 0 Å². The summed E-state index contributed by atoms with van der Waals surface area (Å²) in [6, 6.07) is 10.7. The molecule has 0 aliphatic heterocycles. The molecule has 150 valence electrons. The Bertz CT molecular complexity index is 1440. The van der Waals surface area contributed by atoms with Crippen molar-refractivity contribution >= 4 is 33.9 Å². The monoisotopic (exact) mass is 417 g/mol. The van der Waals surface area contributed by atoms with Crippen molar-refractivity contribution in [1.29, 1.82) is 5.26 Å². The number of carbonyl (C=O) groups is 1. The molecule has 0 fully saturated rings. The van der Waals surface area contributed by atoms with Crippen LogP contribution < -0.4 is 11.0 Å². The van der Waals surface area contributed by atoms with E-state index in [-0.39, 0.29) is 16.6 Å². The van der Waals surface area contributed by atoms with Gasteiger partial charge < -0.3 is 4.57 Å². The summed E-state index contributed by atoms with van der Waals surface area (Å²) in [5.74, 6) is -0.417. The topological polar surface area (TPSA) is 92.5 Å². The molecule has 4 aromatic heterocycles. The van der Waals surface area contributed by atoms with E-state index in [0.29, 0.717) is 28.1 Å². The summed E-state index contributed by atoms with van der Waals surface area (Å²) in [6.45, 7) is 4.43. The average molecular weight is 417 g/mol. The molecule has 0 spiro atoms. The maximum absolute atomic E-state index is 13.2. The van der Waals surface area contributed by atoms with E-state index < -0.39 is 5.91 Å². The zero-order valence-electron chi connectivity index (χ0n) is 16.6. The van der Waals surface area contributed by atoms with Crippen LogP contribution in [0.1, 0.15) is 40.6 Å². The number of rotatable bonds is 4.